The van der Waals surface area contributed by atoms with Gasteiger partial charge in [0.1, 0.15) is 0 Å². The first-order valence-electron chi connectivity index (χ1n) is 10.1. The molecule has 1 saturated heterocycles. The molecule has 2 aromatic carbocycles. The minimum absolute atomic E-state index is 0.606. The molecule has 0 bridgehead atoms. The van der Waals surface area contributed by atoms with Crippen LogP contribution in [-0.2, 0) is 0 Å². The molecular formula is C23H29N3S. The number of para-hydroxylation sites is 2. The monoisotopic (exact) mass is 379 g/mol. The van der Waals surface area contributed by atoms with Gasteiger partial charge in [0.05, 0.1) is 13.3 Å². The Labute approximate surface area is 168 Å². The van der Waals surface area contributed by atoms with Gasteiger partial charge >= 0.3 is 0 Å². The van der Waals surface area contributed by atoms with Crippen molar-refractivity contribution in [2.24, 2.45) is 11.8 Å². The van der Waals surface area contributed by atoms with Gasteiger partial charge in [-0.25, -0.2) is 0 Å². The first-order chi connectivity index (χ1) is 13.1. The van der Waals surface area contributed by atoms with E-state index >= 15 is 0 Å². The lowest BCUT2D eigenvalue weighted by molar-refractivity contribution is 0.0819. The normalized spacial score (nSPS) is 27.0. The molecule has 0 spiro atoms. The maximum atomic E-state index is 5.94. The van der Waals surface area contributed by atoms with Crippen LogP contribution in [0.1, 0.15) is 33.1 Å². The molecule has 27 heavy (non-hydrogen) atoms. The summed E-state index contributed by atoms with van der Waals surface area (Å²) in [6.07, 6.45) is 3.96. The second kappa shape index (κ2) is 7.99. The summed E-state index contributed by atoms with van der Waals surface area (Å²) in [7, 11) is 0. The molecule has 0 unspecified atom stereocenters. The number of anilines is 2. The summed E-state index contributed by atoms with van der Waals surface area (Å²) in [5, 5.41) is 0.889. The third kappa shape index (κ3) is 3.74. The van der Waals surface area contributed by atoms with Gasteiger partial charge in [-0.1, -0.05) is 63.1 Å². The summed E-state index contributed by atoms with van der Waals surface area (Å²) in [6, 6.07) is 21.7. The highest BCUT2D eigenvalue weighted by atomic mass is 32.1. The van der Waals surface area contributed by atoms with Crippen LogP contribution >= 0.6 is 12.2 Å². The van der Waals surface area contributed by atoms with Crippen LogP contribution in [0.3, 0.4) is 0 Å². The van der Waals surface area contributed by atoms with Crippen LogP contribution in [0.4, 0.5) is 11.4 Å². The van der Waals surface area contributed by atoms with Gasteiger partial charge < -0.3 is 9.80 Å². The number of hydrogen-bond donors (Lipinski definition) is 0. The van der Waals surface area contributed by atoms with E-state index in [1.54, 1.807) is 0 Å². The Balaban J connectivity index is 1.67. The molecule has 3 nitrogen and oxygen atoms in total. The second-order valence-electron chi connectivity index (χ2n) is 8.02. The predicted octanol–water partition coefficient (Wildman–Crippen LogP) is 5.34. The molecule has 1 aliphatic heterocycles. The van der Waals surface area contributed by atoms with Crippen molar-refractivity contribution in [2.45, 2.75) is 39.2 Å². The summed E-state index contributed by atoms with van der Waals surface area (Å²) in [4.78, 5) is 7.21. The molecule has 0 N–H and O–H groups in total. The van der Waals surface area contributed by atoms with Crippen molar-refractivity contribution in [3.63, 3.8) is 0 Å². The summed E-state index contributed by atoms with van der Waals surface area (Å²) in [5.74, 6) is 1.49. The van der Waals surface area contributed by atoms with E-state index in [1.165, 1.54) is 30.6 Å². The lowest BCUT2D eigenvalue weighted by Crippen LogP contribution is -2.62. The molecular weight excluding hydrogens is 350 g/mol. The van der Waals surface area contributed by atoms with Crippen LogP contribution in [0.2, 0.25) is 0 Å². The highest BCUT2D eigenvalue weighted by molar-refractivity contribution is 7.80. The molecule has 2 aromatic rings. The Hall–Kier alpha value is -1.91. The summed E-state index contributed by atoms with van der Waals surface area (Å²) in [5.41, 5.74) is 2.34. The highest BCUT2D eigenvalue weighted by Crippen LogP contribution is 2.35. The Morgan fingerprint density at radius 3 is 1.81 bits per heavy atom. The summed E-state index contributed by atoms with van der Waals surface area (Å²) in [6.45, 7) is 6.58. The van der Waals surface area contributed by atoms with Crippen LogP contribution in [-0.4, -0.2) is 29.4 Å². The first kappa shape index (κ1) is 18.5. The first-order valence-corrected chi connectivity index (χ1v) is 10.5. The number of nitrogens with zero attached hydrogens (tertiary/aromatic N) is 3. The predicted molar refractivity (Wildman–Crippen MR) is 118 cm³/mol. The van der Waals surface area contributed by atoms with Crippen LogP contribution in [0.25, 0.3) is 0 Å². The molecule has 1 aliphatic carbocycles. The number of rotatable bonds is 3. The minimum Gasteiger partial charge on any atom is -0.305 e. The SMILES string of the molecule is C[C@H]1[C@H](C)CCC[C@@H]1N1CN(c2ccccc2)C(=S)N(c2ccccc2)C1. The smallest absolute Gasteiger partial charge is 0.182 e. The van der Waals surface area contributed by atoms with Crippen molar-refractivity contribution in [3.8, 4) is 0 Å². The summed E-state index contributed by atoms with van der Waals surface area (Å²) >= 11 is 5.94. The van der Waals surface area contributed by atoms with Crippen molar-refractivity contribution < 1.29 is 0 Å². The van der Waals surface area contributed by atoms with E-state index in [1.807, 2.05) is 0 Å². The fourth-order valence-corrected chi connectivity index (χ4v) is 4.88. The molecule has 0 aromatic heterocycles. The fourth-order valence-electron chi connectivity index (χ4n) is 4.55. The lowest BCUT2D eigenvalue weighted by atomic mass is 9.77. The third-order valence-electron chi connectivity index (χ3n) is 6.38. The highest BCUT2D eigenvalue weighted by Gasteiger charge is 2.37. The molecule has 1 saturated carbocycles. The van der Waals surface area contributed by atoms with E-state index in [0.717, 1.165) is 24.4 Å². The fraction of sp³-hybridized carbons (Fsp3) is 0.435. The number of thiocarbonyl (C=S) groups is 1. The molecule has 0 amide bonds. The molecule has 0 radical (unpaired) electrons. The van der Waals surface area contributed by atoms with Gasteiger partial charge in [0.2, 0.25) is 0 Å². The zero-order chi connectivity index (χ0) is 18.8. The van der Waals surface area contributed by atoms with Crippen molar-refractivity contribution >= 4 is 28.7 Å². The molecule has 2 fully saturated rings. The van der Waals surface area contributed by atoms with Crippen molar-refractivity contribution in [2.75, 3.05) is 23.1 Å². The van der Waals surface area contributed by atoms with Gasteiger partial charge in [0.15, 0.2) is 5.11 Å². The van der Waals surface area contributed by atoms with Crippen molar-refractivity contribution in [1.29, 1.82) is 0 Å². The van der Waals surface area contributed by atoms with Gasteiger partial charge in [0.25, 0.3) is 0 Å². The third-order valence-corrected chi connectivity index (χ3v) is 6.82. The van der Waals surface area contributed by atoms with Crippen molar-refractivity contribution in [1.82, 2.24) is 4.90 Å². The average Bonchev–Trinajstić information content (AvgIpc) is 2.72. The Morgan fingerprint density at radius 1 is 0.778 bits per heavy atom. The van der Waals surface area contributed by atoms with Gasteiger partial charge in [0, 0.05) is 17.4 Å². The van der Waals surface area contributed by atoms with Gasteiger partial charge in [-0.05, 0) is 54.7 Å². The van der Waals surface area contributed by atoms with Crippen LogP contribution in [0, 0.1) is 11.8 Å². The van der Waals surface area contributed by atoms with E-state index in [2.05, 4.69) is 89.2 Å². The van der Waals surface area contributed by atoms with Gasteiger partial charge in [-0.3, -0.25) is 4.90 Å². The number of hydrogen-bond acceptors (Lipinski definition) is 2. The minimum atomic E-state index is 0.606. The Kier molecular flexibility index (Phi) is 5.46. The van der Waals surface area contributed by atoms with Crippen LogP contribution < -0.4 is 9.80 Å². The maximum absolute atomic E-state index is 5.94. The van der Waals surface area contributed by atoms with E-state index < -0.39 is 0 Å². The van der Waals surface area contributed by atoms with E-state index in [-0.39, 0.29) is 0 Å². The Morgan fingerprint density at radius 2 is 1.30 bits per heavy atom. The van der Waals surface area contributed by atoms with Crippen LogP contribution in [0.5, 0.6) is 0 Å². The molecule has 2 aliphatic rings. The number of benzene rings is 2. The zero-order valence-electron chi connectivity index (χ0n) is 16.3. The second-order valence-corrected chi connectivity index (χ2v) is 8.38. The zero-order valence-corrected chi connectivity index (χ0v) is 17.1. The van der Waals surface area contributed by atoms with E-state index in [4.69, 9.17) is 12.2 Å². The molecule has 4 heteroatoms. The Bertz CT molecular complexity index is 712. The topological polar surface area (TPSA) is 9.72 Å². The van der Waals surface area contributed by atoms with E-state index in [9.17, 15) is 0 Å². The van der Waals surface area contributed by atoms with Crippen LogP contribution in [0.15, 0.2) is 60.7 Å². The quantitative estimate of drug-likeness (QED) is 0.666. The maximum Gasteiger partial charge on any atom is 0.182 e. The van der Waals surface area contributed by atoms with Gasteiger partial charge in [-0.2, -0.15) is 0 Å². The molecule has 142 valence electrons. The average molecular weight is 380 g/mol. The van der Waals surface area contributed by atoms with Gasteiger partial charge in [-0.15, -0.1) is 0 Å². The summed E-state index contributed by atoms with van der Waals surface area (Å²) < 4.78 is 0. The molecule has 4 rings (SSSR count). The largest absolute Gasteiger partial charge is 0.305 e. The standard InChI is InChI=1S/C23H29N3S/c1-18-10-9-15-22(19(18)2)24-16-25(20-11-5-3-6-12-20)23(27)26(17-24)21-13-7-4-8-14-21/h3-8,11-14,18-19,22H,9-10,15-17H2,1-2H3/t18-,19+,22+/m1/s1. The molecule has 3 atom stereocenters. The molecule has 1 heterocycles. The van der Waals surface area contributed by atoms with Crippen molar-refractivity contribution in [3.05, 3.63) is 60.7 Å². The van der Waals surface area contributed by atoms with E-state index in [0.29, 0.717) is 12.0 Å². The lowest BCUT2D eigenvalue weighted by Gasteiger charge is -2.50.